The molecule has 2 aliphatic heterocycles. The molecule has 11 heteroatoms. The van der Waals surface area contributed by atoms with Crippen LogP contribution >= 0.6 is 0 Å². The van der Waals surface area contributed by atoms with Crippen LogP contribution in [0.1, 0.15) is 20.8 Å². The number of alkyl halides is 1. The molecule has 0 aromatic carbocycles. The van der Waals surface area contributed by atoms with Crippen molar-refractivity contribution in [1.29, 1.82) is 0 Å². The molecule has 35 heavy (non-hydrogen) atoms. The van der Waals surface area contributed by atoms with E-state index in [1.165, 1.54) is 22.8 Å². The molecular formula is C24H31F2N3O6. The first kappa shape index (κ1) is 28.1. The summed E-state index contributed by atoms with van der Waals surface area (Å²) in [5, 5.41) is 12.7. The van der Waals surface area contributed by atoms with Gasteiger partial charge in [0.15, 0.2) is 12.2 Å². The predicted molar refractivity (Wildman–Crippen MR) is 124 cm³/mol. The molecule has 2 N–H and O–H groups in total. The van der Waals surface area contributed by atoms with Gasteiger partial charge in [-0.2, -0.15) is 0 Å². The van der Waals surface area contributed by atoms with E-state index >= 15 is 0 Å². The number of aliphatic hydroxyl groups excluding tert-OH is 1. The summed E-state index contributed by atoms with van der Waals surface area (Å²) in [6.07, 6.45) is 1.57. The molecule has 0 spiro atoms. The molecule has 3 atom stereocenters. The Morgan fingerprint density at radius 2 is 1.91 bits per heavy atom. The molecular weight excluding hydrogens is 464 g/mol. The van der Waals surface area contributed by atoms with Gasteiger partial charge >= 0.3 is 0 Å². The molecule has 192 valence electrons. The van der Waals surface area contributed by atoms with Gasteiger partial charge in [0.2, 0.25) is 0 Å². The van der Waals surface area contributed by atoms with Gasteiger partial charge in [-0.25, -0.2) is 8.78 Å². The second kappa shape index (κ2) is 13.1. The lowest BCUT2D eigenvalue weighted by molar-refractivity contribution is -0.164. The maximum Gasteiger partial charge on any atom is 0.259 e. The minimum absolute atomic E-state index is 0.0134. The van der Waals surface area contributed by atoms with Crippen LogP contribution in [0.15, 0.2) is 59.9 Å². The van der Waals surface area contributed by atoms with Crippen molar-refractivity contribution in [2.24, 2.45) is 0 Å². The zero-order valence-electron chi connectivity index (χ0n) is 20.0. The Morgan fingerprint density at radius 3 is 2.49 bits per heavy atom. The van der Waals surface area contributed by atoms with Crippen molar-refractivity contribution in [3.05, 3.63) is 59.9 Å². The van der Waals surface area contributed by atoms with Gasteiger partial charge in [-0.05, 0) is 45.1 Å². The quantitative estimate of drug-likeness (QED) is 0.471. The monoisotopic (exact) mass is 495 g/mol. The lowest BCUT2D eigenvalue weighted by Crippen LogP contribution is -2.55. The number of rotatable bonds is 9. The average molecular weight is 496 g/mol. The summed E-state index contributed by atoms with van der Waals surface area (Å²) in [5.74, 6) is -2.69. The van der Waals surface area contributed by atoms with Crippen LogP contribution in [0.2, 0.25) is 0 Å². The smallest absolute Gasteiger partial charge is 0.259 e. The highest BCUT2D eigenvalue weighted by atomic mass is 19.1. The van der Waals surface area contributed by atoms with Crippen LogP contribution in [0.25, 0.3) is 0 Å². The van der Waals surface area contributed by atoms with E-state index in [1.807, 2.05) is 0 Å². The van der Waals surface area contributed by atoms with E-state index in [9.17, 15) is 28.3 Å². The van der Waals surface area contributed by atoms with Gasteiger partial charge in [-0.1, -0.05) is 12.7 Å². The minimum atomic E-state index is -1.95. The number of hydrogen-bond donors (Lipinski definition) is 2. The van der Waals surface area contributed by atoms with E-state index in [2.05, 4.69) is 11.9 Å². The summed E-state index contributed by atoms with van der Waals surface area (Å²) in [5.41, 5.74) is 0.670. The van der Waals surface area contributed by atoms with Crippen LogP contribution in [0.5, 0.6) is 0 Å². The van der Waals surface area contributed by atoms with Gasteiger partial charge in [-0.3, -0.25) is 14.4 Å². The molecule has 2 rings (SSSR count). The third kappa shape index (κ3) is 7.67. The van der Waals surface area contributed by atoms with E-state index in [0.29, 0.717) is 24.5 Å². The highest BCUT2D eigenvalue weighted by molar-refractivity contribution is 5.93. The molecule has 0 aliphatic carbocycles. The topological polar surface area (TPSA) is 108 Å². The number of allylic oxidation sites excluding steroid dienone is 6. The number of amides is 3. The number of hydrogen-bond acceptors (Lipinski definition) is 6. The fraction of sp³-hybridized carbons (Fsp3) is 0.458. The van der Waals surface area contributed by atoms with Gasteiger partial charge in [0.05, 0.1) is 19.0 Å². The van der Waals surface area contributed by atoms with Crippen molar-refractivity contribution in [1.82, 2.24) is 15.1 Å². The molecule has 0 radical (unpaired) electrons. The van der Waals surface area contributed by atoms with E-state index in [0.717, 1.165) is 19.1 Å². The second-order valence-electron chi connectivity index (χ2n) is 7.83. The molecule has 3 amide bonds. The fourth-order valence-corrected chi connectivity index (χ4v) is 3.54. The predicted octanol–water partition coefficient (Wildman–Crippen LogP) is 1.64. The van der Waals surface area contributed by atoms with Crippen LogP contribution in [-0.2, 0) is 23.9 Å². The number of carbonyl (C=O) groups is 3. The zero-order chi connectivity index (χ0) is 26.1. The van der Waals surface area contributed by atoms with Crippen molar-refractivity contribution in [3.8, 4) is 0 Å². The first-order valence-electron chi connectivity index (χ1n) is 11.1. The molecule has 2 saturated heterocycles. The Bertz CT molecular complexity index is 953. The van der Waals surface area contributed by atoms with Crippen LogP contribution in [0.4, 0.5) is 8.78 Å². The number of nitrogens with zero attached hydrogens (tertiary/aromatic N) is 2. The minimum Gasteiger partial charge on any atom is -0.380 e. The number of morpholine rings is 2. The molecule has 0 aromatic rings. The van der Waals surface area contributed by atoms with E-state index in [-0.39, 0.29) is 31.4 Å². The number of carbonyl (C=O) groups excluding carboxylic acids is 3. The van der Waals surface area contributed by atoms with E-state index in [1.54, 1.807) is 19.1 Å². The zero-order valence-corrected chi connectivity index (χ0v) is 20.0. The third-order valence-corrected chi connectivity index (χ3v) is 5.12. The Hall–Kier alpha value is -3.15. The summed E-state index contributed by atoms with van der Waals surface area (Å²) in [6, 6.07) is 0. The Morgan fingerprint density at radius 1 is 1.23 bits per heavy atom. The van der Waals surface area contributed by atoms with Crippen molar-refractivity contribution < 1.29 is 37.7 Å². The second-order valence-corrected chi connectivity index (χ2v) is 7.83. The number of aliphatic hydroxyl groups is 1. The van der Waals surface area contributed by atoms with Gasteiger partial charge in [0.25, 0.3) is 17.7 Å². The Balaban J connectivity index is 2.22. The Kier molecular flexibility index (Phi) is 10.5. The fourth-order valence-electron chi connectivity index (χ4n) is 3.54. The molecule has 3 unspecified atom stereocenters. The number of ether oxygens (including phenoxy) is 2. The molecule has 0 aromatic heterocycles. The lowest BCUT2D eigenvalue weighted by Gasteiger charge is -2.35. The summed E-state index contributed by atoms with van der Waals surface area (Å²) in [7, 11) is 0. The highest BCUT2D eigenvalue weighted by Gasteiger charge is 2.40. The number of nitrogens with one attached hydrogen (secondary N) is 1. The highest BCUT2D eigenvalue weighted by Crippen LogP contribution is 2.21. The largest absolute Gasteiger partial charge is 0.380 e. The summed E-state index contributed by atoms with van der Waals surface area (Å²) >= 11 is 0. The van der Waals surface area contributed by atoms with E-state index < -0.39 is 36.0 Å². The molecule has 2 heterocycles. The van der Waals surface area contributed by atoms with Crippen molar-refractivity contribution in [2.45, 2.75) is 39.2 Å². The van der Waals surface area contributed by atoms with Gasteiger partial charge in [0, 0.05) is 30.2 Å². The summed E-state index contributed by atoms with van der Waals surface area (Å²) < 4.78 is 37.2. The van der Waals surface area contributed by atoms with Gasteiger partial charge in [0.1, 0.15) is 12.8 Å². The molecule has 2 fully saturated rings. The van der Waals surface area contributed by atoms with Crippen LogP contribution in [0.3, 0.4) is 0 Å². The standard InChI is InChI=1S/C24H31F2N3O6/c1-5-18(28-7-9-34-14-20(28)30)13-19(6-2)29-8-10-35-22(24(29)33)21(31)23(32)27-17(11-15(3)25)12-16(4)26/h5-6,11-13,15,21-22,31H,1,7-10,14H2,2-4H3,(H,27,32)/b16-12+,17-11+,18-13+,19-6+. The van der Waals surface area contributed by atoms with Crippen LogP contribution in [0, 0.1) is 0 Å². The number of halogens is 2. The van der Waals surface area contributed by atoms with Crippen LogP contribution < -0.4 is 5.32 Å². The maximum absolute atomic E-state index is 13.4. The molecule has 0 bridgehead atoms. The summed E-state index contributed by atoms with van der Waals surface area (Å²) in [6.45, 7) is 8.49. The van der Waals surface area contributed by atoms with E-state index in [4.69, 9.17) is 9.47 Å². The normalized spacial score (nSPS) is 22.7. The van der Waals surface area contributed by atoms with Crippen molar-refractivity contribution in [2.75, 3.05) is 32.9 Å². The maximum atomic E-state index is 13.4. The van der Waals surface area contributed by atoms with Gasteiger partial charge < -0.3 is 29.7 Å². The third-order valence-electron chi connectivity index (χ3n) is 5.12. The average Bonchev–Trinajstić information content (AvgIpc) is 2.80. The van der Waals surface area contributed by atoms with Crippen LogP contribution in [-0.4, -0.2) is 83.9 Å². The van der Waals surface area contributed by atoms with Crippen molar-refractivity contribution >= 4 is 17.7 Å². The first-order valence-corrected chi connectivity index (χ1v) is 11.1. The summed E-state index contributed by atoms with van der Waals surface area (Å²) in [4.78, 5) is 40.7. The van der Waals surface area contributed by atoms with Crippen molar-refractivity contribution in [3.63, 3.8) is 0 Å². The Labute approximate surface area is 203 Å². The molecule has 0 saturated carbocycles. The lowest BCUT2D eigenvalue weighted by atomic mass is 10.1. The first-order chi connectivity index (χ1) is 16.6. The molecule has 9 nitrogen and oxygen atoms in total. The van der Waals surface area contributed by atoms with Gasteiger partial charge in [-0.15, -0.1) is 0 Å². The molecule has 2 aliphatic rings. The SMILES string of the molecule is C=C/C(=C\C(=C/C)N1CCOC(C(O)C(=O)NC(/C=C(\C)F)=C/C(C)F)C1=O)N1CCOCC1=O.